The second kappa shape index (κ2) is 3.47. The number of allylic oxidation sites excluding steroid dienone is 1. The highest BCUT2D eigenvalue weighted by atomic mass is 14.9. The quantitative estimate of drug-likeness (QED) is 0.563. The summed E-state index contributed by atoms with van der Waals surface area (Å²) in [4.78, 5) is 4.79. The molecule has 86 valence electrons. The first-order valence-electron chi connectivity index (χ1n) is 5.82. The lowest BCUT2D eigenvalue weighted by molar-refractivity contribution is 0.211. The molecule has 15 heavy (non-hydrogen) atoms. The summed E-state index contributed by atoms with van der Waals surface area (Å²) in [6.07, 6.45) is 5.49. The molecule has 1 nitrogen and oxygen atoms in total. The summed E-state index contributed by atoms with van der Waals surface area (Å²) < 4.78 is 0. The van der Waals surface area contributed by atoms with Crippen LogP contribution >= 0.6 is 0 Å². The molecule has 0 aromatic heterocycles. The van der Waals surface area contributed by atoms with E-state index in [0.29, 0.717) is 0 Å². The largest absolute Gasteiger partial charge is 0.286 e. The molecule has 1 unspecified atom stereocenters. The van der Waals surface area contributed by atoms with Crippen molar-refractivity contribution in [2.75, 3.05) is 0 Å². The van der Waals surface area contributed by atoms with Gasteiger partial charge in [0.2, 0.25) is 0 Å². The zero-order valence-corrected chi connectivity index (χ0v) is 11.3. The van der Waals surface area contributed by atoms with Crippen molar-refractivity contribution in [3.8, 4) is 0 Å². The molecule has 0 saturated carbocycles. The molecule has 0 aromatic carbocycles. The fourth-order valence-electron chi connectivity index (χ4n) is 1.63. The zero-order valence-electron chi connectivity index (χ0n) is 11.3. The van der Waals surface area contributed by atoms with Crippen LogP contribution in [-0.4, -0.2) is 11.8 Å². The number of aliphatic imine (C=N–C) groups is 1. The lowest BCUT2D eigenvalue weighted by Gasteiger charge is -2.40. The Morgan fingerprint density at radius 2 is 1.67 bits per heavy atom. The maximum absolute atomic E-state index is 4.79. The summed E-state index contributed by atoms with van der Waals surface area (Å²) >= 11 is 0. The van der Waals surface area contributed by atoms with E-state index in [9.17, 15) is 0 Å². The Labute approximate surface area is 94.7 Å². The van der Waals surface area contributed by atoms with Gasteiger partial charge in [0.1, 0.15) is 0 Å². The number of hydrogen-bond donors (Lipinski definition) is 0. The Balaban J connectivity index is 2.90. The highest BCUT2D eigenvalue weighted by molar-refractivity contribution is 5.81. The van der Waals surface area contributed by atoms with E-state index >= 15 is 0 Å². The fraction of sp³-hybridized carbons (Fsp3) is 0.786. The van der Waals surface area contributed by atoms with Gasteiger partial charge in [-0.15, -0.1) is 0 Å². The third kappa shape index (κ3) is 2.50. The number of rotatable bonds is 0. The fourth-order valence-corrected chi connectivity index (χ4v) is 1.63. The van der Waals surface area contributed by atoms with Crippen LogP contribution in [0.4, 0.5) is 0 Å². The van der Waals surface area contributed by atoms with Crippen molar-refractivity contribution in [3.05, 3.63) is 11.6 Å². The van der Waals surface area contributed by atoms with Gasteiger partial charge in [0, 0.05) is 6.21 Å². The van der Waals surface area contributed by atoms with Gasteiger partial charge in [-0.1, -0.05) is 47.6 Å². The molecule has 0 fully saturated rings. The minimum Gasteiger partial charge on any atom is -0.286 e. The van der Waals surface area contributed by atoms with Gasteiger partial charge in [-0.2, -0.15) is 0 Å². The Bertz CT molecular complexity index is 296. The highest BCUT2D eigenvalue weighted by Gasteiger charge is 2.37. The standard InChI is InChI=1S/C14H25N/c1-12(2,3)11-8-9-14(7,15-10-11)13(4,5)6/h8,10H,9H2,1-7H3. The number of hydrogen-bond acceptors (Lipinski definition) is 1. The van der Waals surface area contributed by atoms with Gasteiger partial charge >= 0.3 is 0 Å². The monoisotopic (exact) mass is 207 g/mol. The molecule has 0 amide bonds. The van der Waals surface area contributed by atoms with Gasteiger partial charge in [-0.3, -0.25) is 4.99 Å². The first-order valence-corrected chi connectivity index (χ1v) is 5.82. The lowest BCUT2D eigenvalue weighted by atomic mass is 9.71. The first-order chi connectivity index (χ1) is 6.56. The average molecular weight is 207 g/mol. The van der Waals surface area contributed by atoms with Crippen molar-refractivity contribution in [1.29, 1.82) is 0 Å². The predicted molar refractivity (Wildman–Crippen MR) is 68.5 cm³/mol. The molecular weight excluding hydrogens is 182 g/mol. The molecular formula is C14H25N. The van der Waals surface area contributed by atoms with E-state index in [2.05, 4.69) is 60.8 Å². The van der Waals surface area contributed by atoms with Gasteiger partial charge in [-0.25, -0.2) is 0 Å². The maximum Gasteiger partial charge on any atom is 0.0662 e. The molecule has 0 spiro atoms. The van der Waals surface area contributed by atoms with Gasteiger partial charge in [0.15, 0.2) is 0 Å². The molecule has 1 atom stereocenters. The van der Waals surface area contributed by atoms with E-state index in [1.54, 1.807) is 0 Å². The SMILES string of the molecule is CC(C)(C)C1=CCC(C)(C(C)(C)C)N=C1. The summed E-state index contributed by atoms with van der Waals surface area (Å²) in [7, 11) is 0. The molecule has 0 aliphatic carbocycles. The minimum absolute atomic E-state index is 0.0573. The van der Waals surface area contributed by atoms with E-state index in [1.807, 2.05) is 0 Å². The van der Waals surface area contributed by atoms with Crippen LogP contribution in [0.5, 0.6) is 0 Å². The van der Waals surface area contributed by atoms with E-state index in [-0.39, 0.29) is 16.4 Å². The van der Waals surface area contributed by atoms with Crippen LogP contribution in [0.25, 0.3) is 0 Å². The summed E-state index contributed by atoms with van der Waals surface area (Å²) in [5.74, 6) is 0. The van der Waals surface area contributed by atoms with Crippen LogP contribution in [-0.2, 0) is 0 Å². The summed E-state index contributed by atoms with van der Waals surface area (Å²) in [6.45, 7) is 15.8. The molecule has 1 rings (SSSR count). The van der Waals surface area contributed by atoms with Gasteiger partial charge in [0.05, 0.1) is 5.54 Å². The number of dihydropyridines is 1. The Morgan fingerprint density at radius 3 is 1.93 bits per heavy atom. The molecule has 0 N–H and O–H groups in total. The molecule has 0 aromatic rings. The summed E-state index contributed by atoms with van der Waals surface area (Å²) in [5.41, 5.74) is 1.87. The first kappa shape index (κ1) is 12.5. The Kier molecular flexibility index (Phi) is 2.88. The second-order valence-corrected chi connectivity index (χ2v) is 6.90. The Hall–Kier alpha value is -0.590. The van der Waals surface area contributed by atoms with Crippen molar-refractivity contribution >= 4 is 6.21 Å². The van der Waals surface area contributed by atoms with Gasteiger partial charge in [0.25, 0.3) is 0 Å². The van der Waals surface area contributed by atoms with Crippen LogP contribution in [0.1, 0.15) is 54.9 Å². The third-order valence-corrected chi connectivity index (χ3v) is 3.69. The molecule has 1 aliphatic heterocycles. The summed E-state index contributed by atoms with van der Waals surface area (Å²) in [6, 6.07) is 0. The topological polar surface area (TPSA) is 12.4 Å². The van der Waals surface area contributed by atoms with Crippen LogP contribution in [0.15, 0.2) is 16.6 Å². The third-order valence-electron chi connectivity index (χ3n) is 3.69. The molecule has 0 bridgehead atoms. The van der Waals surface area contributed by atoms with Crippen molar-refractivity contribution in [2.45, 2.75) is 60.4 Å². The minimum atomic E-state index is 0.0573. The zero-order chi connectivity index (χ0) is 11.9. The van der Waals surface area contributed by atoms with Gasteiger partial charge in [-0.05, 0) is 29.7 Å². The van der Waals surface area contributed by atoms with Crippen molar-refractivity contribution in [1.82, 2.24) is 0 Å². The second-order valence-electron chi connectivity index (χ2n) is 6.90. The van der Waals surface area contributed by atoms with Crippen molar-refractivity contribution in [2.24, 2.45) is 15.8 Å². The average Bonchev–Trinajstić information content (AvgIpc) is 2.01. The molecule has 1 heterocycles. The summed E-state index contributed by atoms with van der Waals surface area (Å²) in [5, 5.41) is 0. The lowest BCUT2D eigenvalue weighted by Crippen LogP contribution is -2.39. The van der Waals surface area contributed by atoms with Crippen LogP contribution < -0.4 is 0 Å². The van der Waals surface area contributed by atoms with Gasteiger partial charge < -0.3 is 0 Å². The van der Waals surface area contributed by atoms with Crippen LogP contribution in [0, 0.1) is 10.8 Å². The Morgan fingerprint density at radius 1 is 1.13 bits per heavy atom. The smallest absolute Gasteiger partial charge is 0.0662 e. The van der Waals surface area contributed by atoms with E-state index in [4.69, 9.17) is 4.99 Å². The molecule has 1 heteroatoms. The van der Waals surface area contributed by atoms with E-state index < -0.39 is 0 Å². The number of nitrogens with zero attached hydrogens (tertiary/aromatic N) is 1. The van der Waals surface area contributed by atoms with Crippen LogP contribution in [0.2, 0.25) is 0 Å². The van der Waals surface area contributed by atoms with Crippen LogP contribution in [0.3, 0.4) is 0 Å². The van der Waals surface area contributed by atoms with E-state index in [0.717, 1.165) is 6.42 Å². The molecule has 1 aliphatic rings. The molecule has 0 saturated heterocycles. The highest BCUT2D eigenvalue weighted by Crippen LogP contribution is 2.40. The predicted octanol–water partition coefficient (Wildman–Crippen LogP) is 4.24. The van der Waals surface area contributed by atoms with E-state index in [1.165, 1.54) is 5.57 Å². The van der Waals surface area contributed by atoms with Crippen molar-refractivity contribution in [3.63, 3.8) is 0 Å². The molecule has 0 radical (unpaired) electrons. The van der Waals surface area contributed by atoms with Crippen molar-refractivity contribution < 1.29 is 0 Å². The maximum atomic E-state index is 4.79. The normalized spacial score (nSPS) is 27.8.